The van der Waals surface area contributed by atoms with Crippen molar-refractivity contribution in [1.82, 2.24) is 15.3 Å². The average Bonchev–Trinajstić information content (AvgIpc) is 3.03. The molecular formula is C12H17N5OS2. The first-order valence-electron chi connectivity index (χ1n) is 6.21. The van der Waals surface area contributed by atoms with E-state index < -0.39 is 0 Å². The molecule has 0 radical (unpaired) electrons. The molecule has 0 aromatic carbocycles. The number of thiazole rings is 2. The second-order valence-electron chi connectivity index (χ2n) is 4.67. The van der Waals surface area contributed by atoms with E-state index in [1.165, 1.54) is 22.7 Å². The Hall–Kier alpha value is -1.67. The van der Waals surface area contributed by atoms with Gasteiger partial charge in [0, 0.05) is 11.9 Å². The largest absolute Gasteiger partial charge is 0.382 e. The van der Waals surface area contributed by atoms with Crippen molar-refractivity contribution in [1.29, 1.82) is 0 Å². The van der Waals surface area contributed by atoms with Crippen LogP contribution in [0, 0.1) is 5.92 Å². The number of carbonyl (C=O) groups excluding carboxylic acids is 1. The normalized spacial score (nSPS) is 10.8. The van der Waals surface area contributed by atoms with Crippen molar-refractivity contribution in [2.45, 2.75) is 20.4 Å². The lowest BCUT2D eigenvalue weighted by Gasteiger charge is -2.04. The predicted octanol–water partition coefficient (Wildman–Crippen LogP) is 2.18. The lowest BCUT2D eigenvalue weighted by Crippen LogP contribution is -2.22. The molecule has 1 amide bonds. The number of nitrogens with zero attached hydrogens (tertiary/aromatic N) is 2. The Morgan fingerprint density at radius 2 is 2.30 bits per heavy atom. The Balaban J connectivity index is 1.95. The lowest BCUT2D eigenvalue weighted by molar-refractivity contribution is 0.0955. The fourth-order valence-corrected chi connectivity index (χ4v) is 2.80. The van der Waals surface area contributed by atoms with Crippen LogP contribution in [0.2, 0.25) is 0 Å². The summed E-state index contributed by atoms with van der Waals surface area (Å²) in [7, 11) is 0. The molecule has 0 aliphatic heterocycles. The van der Waals surface area contributed by atoms with E-state index in [2.05, 4.69) is 34.4 Å². The van der Waals surface area contributed by atoms with E-state index in [1.54, 1.807) is 5.51 Å². The summed E-state index contributed by atoms with van der Waals surface area (Å²) in [4.78, 5) is 20.7. The second kappa shape index (κ2) is 6.67. The number of rotatable bonds is 6. The number of hydrogen-bond acceptors (Lipinski definition) is 7. The van der Waals surface area contributed by atoms with Crippen molar-refractivity contribution in [2.24, 2.45) is 5.92 Å². The molecule has 108 valence electrons. The van der Waals surface area contributed by atoms with Crippen LogP contribution >= 0.6 is 22.7 Å². The van der Waals surface area contributed by atoms with Crippen LogP contribution in [0.3, 0.4) is 0 Å². The van der Waals surface area contributed by atoms with Crippen molar-refractivity contribution in [2.75, 3.05) is 17.6 Å². The minimum absolute atomic E-state index is 0.217. The van der Waals surface area contributed by atoms with Crippen molar-refractivity contribution in [3.8, 4) is 0 Å². The van der Waals surface area contributed by atoms with E-state index in [9.17, 15) is 4.79 Å². The first-order chi connectivity index (χ1) is 9.56. The molecule has 0 atom stereocenters. The number of nitrogens with two attached hydrogens (primary N) is 1. The average molecular weight is 311 g/mol. The molecule has 0 fully saturated rings. The summed E-state index contributed by atoms with van der Waals surface area (Å²) in [6.45, 7) is 5.40. The monoisotopic (exact) mass is 311 g/mol. The van der Waals surface area contributed by atoms with Gasteiger partial charge < -0.3 is 16.4 Å². The summed E-state index contributed by atoms with van der Waals surface area (Å²) < 4.78 is 0. The Morgan fingerprint density at radius 3 is 2.95 bits per heavy atom. The standard InChI is InChI=1S/C12H17N5OS2/c1-7(2)3-15-12-17-10(13)9(20-12)11(18)14-4-8-5-19-6-16-8/h5-7H,3-4,13H2,1-2H3,(H,14,18)(H,15,17). The molecule has 2 heterocycles. The number of nitrogen functional groups attached to an aromatic ring is 1. The maximum atomic E-state index is 12.0. The van der Waals surface area contributed by atoms with E-state index >= 15 is 0 Å². The zero-order valence-electron chi connectivity index (χ0n) is 11.3. The summed E-state index contributed by atoms with van der Waals surface area (Å²) in [5, 5.41) is 8.53. The first-order valence-corrected chi connectivity index (χ1v) is 7.97. The molecule has 20 heavy (non-hydrogen) atoms. The molecule has 0 saturated carbocycles. The highest BCUT2D eigenvalue weighted by Crippen LogP contribution is 2.25. The molecule has 4 N–H and O–H groups in total. The molecular weight excluding hydrogens is 294 g/mol. The topological polar surface area (TPSA) is 92.9 Å². The van der Waals surface area contributed by atoms with E-state index in [0.717, 1.165) is 12.2 Å². The Labute approximate surface area is 125 Å². The molecule has 2 aromatic heterocycles. The van der Waals surface area contributed by atoms with Crippen molar-refractivity contribution < 1.29 is 4.79 Å². The van der Waals surface area contributed by atoms with Gasteiger partial charge >= 0.3 is 0 Å². The molecule has 6 nitrogen and oxygen atoms in total. The van der Waals surface area contributed by atoms with Crippen LogP contribution in [0.5, 0.6) is 0 Å². The van der Waals surface area contributed by atoms with E-state index in [1.807, 2.05) is 5.38 Å². The molecule has 2 rings (SSSR count). The third kappa shape index (κ3) is 3.91. The summed E-state index contributed by atoms with van der Waals surface area (Å²) in [5.74, 6) is 0.546. The highest BCUT2D eigenvalue weighted by molar-refractivity contribution is 7.18. The zero-order valence-corrected chi connectivity index (χ0v) is 13.0. The quantitative estimate of drug-likeness (QED) is 0.760. The third-order valence-electron chi connectivity index (χ3n) is 2.43. The van der Waals surface area contributed by atoms with Crippen LogP contribution in [0.15, 0.2) is 10.9 Å². The number of carbonyl (C=O) groups is 1. The van der Waals surface area contributed by atoms with Crippen LogP contribution in [-0.2, 0) is 6.54 Å². The lowest BCUT2D eigenvalue weighted by atomic mass is 10.2. The van der Waals surface area contributed by atoms with Gasteiger partial charge in [-0.25, -0.2) is 9.97 Å². The molecule has 0 bridgehead atoms. The number of hydrogen-bond donors (Lipinski definition) is 3. The maximum Gasteiger partial charge on any atom is 0.265 e. The van der Waals surface area contributed by atoms with Gasteiger partial charge in [0.15, 0.2) is 5.13 Å². The van der Waals surface area contributed by atoms with Crippen molar-refractivity contribution in [3.63, 3.8) is 0 Å². The summed E-state index contributed by atoms with van der Waals surface area (Å²) >= 11 is 2.77. The minimum atomic E-state index is -0.217. The smallest absolute Gasteiger partial charge is 0.265 e. The second-order valence-corrected chi connectivity index (χ2v) is 6.39. The van der Waals surface area contributed by atoms with Gasteiger partial charge in [-0.1, -0.05) is 25.2 Å². The summed E-state index contributed by atoms with van der Waals surface area (Å²) in [6.07, 6.45) is 0. The number of anilines is 2. The fraction of sp³-hybridized carbons (Fsp3) is 0.417. The van der Waals surface area contributed by atoms with E-state index in [-0.39, 0.29) is 11.7 Å². The van der Waals surface area contributed by atoms with Crippen LogP contribution in [0.25, 0.3) is 0 Å². The highest BCUT2D eigenvalue weighted by atomic mass is 32.1. The summed E-state index contributed by atoms with van der Waals surface area (Å²) in [5.41, 5.74) is 8.35. The molecule has 0 spiro atoms. The van der Waals surface area contributed by atoms with E-state index in [4.69, 9.17) is 5.73 Å². The van der Waals surface area contributed by atoms with Gasteiger partial charge in [-0.2, -0.15) is 0 Å². The molecule has 0 aliphatic rings. The van der Waals surface area contributed by atoms with E-state index in [0.29, 0.717) is 22.5 Å². The molecule has 2 aromatic rings. The van der Waals surface area contributed by atoms with Crippen molar-refractivity contribution in [3.05, 3.63) is 21.5 Å². The third-order valence-corrected chi connectivity index (χ3v) is 4.10. The van der Waals surface area contributed by atoms with Crippen LogP contribution in [0.1, 0.15) is 29.2 Å². The number of aromatic nitrogens is 2. The molecule has 8 heteroatoms. The Bertz CT molecular complexity index is 564. The van der Waals surface area contributed by atoms with Gasteiger partial charge in [0.25, 0.3) is 5.91 Å². The first kappa shape index (κ1) is 14.7. The van der Waals surface area contributed by atoms with Gasteiger partial charge in [-0.3, -0.25) is 4.79 Å². The molecule has 0 saturated heterocycles. The summed E-state index contributed by atoms with van der Waals surface area (Å²) in [6, 6.07) is 0. The van der Waals surface area contributed by atoms with Crippen LogP contribution < -0.4 is 16.4 Å². The number of amides is 1. The van der Waals surface area contributed by atoms with Crippen LogP contribution in [-0.4, -0.2) is 22.4 Å². The van der Waals surface area contributed by atoms with Crippen LogP contribution in [0.4, 0.5) is 10.9 Å². The molecule has 0 aliphatic carbocycles. The predicted molar refractivity (Wildman–Crippen MR) is 83.1 cm³/mol. The highest BCUT2D eigenvalue weighted by Gasteiger charge is 2.16. The van der Waals surface area contributed by atoms with Gasteiger partial charge in [0.1, 0.15) is 10.7 Å². The zero-order chi connectivity index (χ0) is 14.5. The molecule has 0 unspecified atom stereocenters. The SMILES string of the molecule is CC(C)CNc1nc(N)c(C(=O)NCc2cscn2)s1. The fourth-order valence-electron chi connectivity index (χ4n) is 1.44. The van der Waals surface area contributed by atoms with Gasteiger partial charge in [0.2, 0.25) is 0 Å². The Morgan fingerprint density at radius 1 is 1.50 bits per heavy atom. The maximum absolute atomic E-state index is 12.0. The van der Waals surface area contributed by atoms with Gasteiger partial charge in [-0.05, 0) is 5.92 Å². The number of nitrogens with one attached hydrogen (secondary N) is 2. The Kier molecular flexibility index (Phi) is 4.91. The minimum Gasteiger partial charge on any atom is -0.382 e. The van der Waals surface area contributed by atoms with Gasteiger partial charge in [-0.15, -0.1) is 11.3 Å². The van der Waals surface area contributed by atoms with Gasteiger partial charge in [0.05, 0.1) is 17.7 Å². The van der Waals surface area contributed by atoms with Crippen molar-refractivity contribution >= 4 is 39.5 Å².